The molecule has 230 valence electrons. The average Bonchev–Trinajstić information content (AvgIpc) is 3.57. The van der Waals surface area contributed by atoms with E-state index in [0.29, 0.717) is 5.84 Å². The lowest BCUT2D eigenvalue weighted by atomic mass is 9.91. The summed E-state index contributed by atoms with van der Waals surface area (Å²) in [6.07, 6.45) is -0.261. The first-order chi connectivity index (χ1) is 24.3. The highest BCUT2D eigenvalue weighted by molar-refractivity contribution is 6.26. The topological polar surface area (TPSA) is 49.9 Å². The minimum atomic E-state index is -0.261. The average molecular weight is 628 g/mol. The molecular formula is C45H29N3O. The van der Waals surface area contributed by atoms with Crippen LogP contribution in [0.25, 0.3) is 65.4 Å². The fraction of sp³-hybridized carbons (Fsp3) is 0.0222. The number of benzene rings is 8. The number of aliphatic imine (C=N–C) groups is 2. The summed E-state index contributed by atoms with van der Waals surface area (Å²) in [5, 5.41) is 13.3. The molecule has 1 atom stereocenters. The van der Waals surface area contributed by atoms with Crippen LogP contribution in [0, 0.1) is 0 Å². The minimum Gasteiger partial charge on any atom is -0.456 e. The van der Waals surface area contributed by atoms with Gasteiger partial charge in [-0.2, -0.15) is 0 Å². The predicted molar refractivity (Wildman–Crippen MR) is 204 cm³/mol. The van der Waals surface area contributed by atoms with Crippen LogP contribution in [0.5, 0.6) is 0 Å². The summed E-state index contributed by atoms with van der Waals surface area (Å²) in [6.45, 7) is 0. The van der Waals surface area contributed by atoms with Crippen molar-refractivity contribution in [3.63, 3.8) is 0 Å². The fourth-order valence-electron chi connectivity index (χ4n) is 7.41. The SMILES string of the molecule is c1ccc(C2=NC(c3ccc4c(c3)oc3cccc(-c5ccc6c7ccccc7c7ccccc7c6c5)c34)=NC(c3ccccc3)N2)cc1. The van der Waals surface area contributed by atoms with Gasteiger partial charge in [0.05, 0.1) is 0 Å². The number of nitrogens with zero attached hydrogens (tertiary/aromatic N) is 2. The van der Waals surface area contributed by atoms with Crippen LogP contribution in [0.15, 0.2) is 178 Å². The predicted octanol–water partition coefficient (Wildman–Crippen LogP) is 11.2. The molecule has 0 fully saturated rings. The maximum absolute atomic E-state index is 6.57. The first-order valence-electron chi connectivity index (χ1n) is 16.6. The summed E-state index contributed by atoms with van der Waals surface area (Å²) < 4.78 is 6.57. The summed E-state index contributed by atoms with van der Waals surface area (Å²) in [5.74, 6) is 1.46. The van der Waals surface area contributed by atoms with Gasteiger partial charge >= 0.3 is 0 Å². The Hall–Kier alpha value is -6.52. The van der Waals surface area contributed by atoms with Crippen LogP contribution in [0.2, 0.25) is 0 Å². The van der Waals surface area contributed by atoms with E-state index in [9.17, 15) is 0 Å². The van der Waals surface area contributed by atoms with Gasteiger partial charge in [-0.05, 0) is 73.3 Å². The number of rotatable bonds is 4. The van der Waals surface area contributed by atoms with E-state index >= 15 is 0 Å². The van der Waals surface area contributed by atoms with Gasteiger partial charge in [-0.15, -0.1) is 0 Å². The summed E-state index contributed by atoms with van der Waals surface area (Å²) in [4.78, 5) is 10.1. The van der Waals surface area contributed by atoms with Gasteiger partial charge in [-0.1, -0.05) is 140 Å². The van der Waals surface area contributed by atoms with Crippen molar-refractivity contribution in [1.29, 1.82) is 0 Å². The van der Waals surface area contributed by atoms with Gasteiger partial charge in [0.15, 0.2) is 5.84 Å². The minimum absolute atomic E-state index is 0.261. The van der Waals surface area contributed by atoms with Gasteiger partial charge in [-0.25, -0.2) is 9.98 Å². The Morgan fingerprint density at radius 1 is 0.449 bits per heavy atom. The molecule has 0 bridgehead atoms. The Bertz CT molecular complexity index is 2760. The molecule has 1 aromatic heterocycles. The van der Waals surface area contributed by atoms with Crippen LogP contribution in [-0.2, 0) is 0 Å². The van der Waals surface area contributed by atoms with Crippen LogP contribution in [0.1, 0.15) is 22.9 Å². The second-order valence-electron chi connectivity index (χ2n) is 12.6. The highest BCUT2D eigenvalue weighted by Gasteiger charge is 2.22. The summed E-state index contributed by atoms with van der Waals surface area (Å²) >= 11 is 0. The molecule has 0 aliphatic carbocycles. The smallest absolute Gasteiger partial charge is 0.159 e. The Morgan fingerprint density at radius 3 is 1.80 bits per heavy atom. The number of hydrogen-bond donors (Lipinski definition) is 1. The Kier molecular flexibility index (Phi) is 6.21. The molecule has 0 amide bonds. The second kappa shape index (κ2) is 11.0. The third-order valence-electron chi connectivity index (χ3n) is 9.72. The van der Waals surface area contributed by atoms with Crippen LogP contribution >= 0.6 is 0 Å². The van der Waals surface area contributed by atoms with Crippen molar-refractivity contribution >= 4 is 65.9 Å². The molecule has 4 heteroatoms. The van der Waals surface area contributed by atoms with Crippen LogP contribution < -0.4 is 5.32 Å². The van der Waals surface area contributed by atoms with Crippen molar-refractivity contribution in [2.24, 2.45) is 9.98 Å². The lowest BCUT2D eigenvalue weighted by molar-refractivity contribution is 0.667. The van der Waals surface area contributed by atoms with E-state index in [-0.39, 0.29) is 6.17 Å². The largest absolute Gasteiger partial charge is 0.456 e. The van der Waals surface area contributed by atoms with Gasteiger partial charge in [0, 0.05) is 21.9 Å². The van der Waals surface area contributed by atoms with Gasteiger partial charge in [0.25, 0.3) is 0 Å². The Morgan fingerprint density at radius 2 is 1.06 bits per heavy atom. The molecule has 0 saturated heterocycles. The highest BCUT2D eigenvalue weighted by atomic mass is 16.3. The van der Waals surface area contributed by atoms with E-state index in [1.165, 1.54) is 32.3 Å². The maximum Gasteiger partial charge on any atom is 0.159 e. The van der Waals surface area contributed by atoms with Crippen LogP contribution in [0.3, 0.4) is 0 Å². The van der Waals surface area contributed by atoms with Crippen molar-refractivity contribution in [2.45, 2.75) is 6.17 Å². The van der Waals surface area contributed by atoms with Crippen molar-refractivity contribution < 1.29 is 4.42 Å². The molecular weight excluding hydrogens is 599 g/mol. The molecule has 8 aromatic carbocycles. The zero-order valence-corrected chi connectivity index (χ0v) is 26.5. The van der Waals surface area contributed by atoms with Crippen molar-refractivity contribution in [3.8, 4) is 11.1 Å². The lowest BCUT2D eigenvalue weighted by Crippen LogP contribution is -2.33. The van der Waals surface area contributed by atoms with Crippen molar-refractivity contribution in [1.82, 2.24) is 5.32 Å². The lowest BCUT2D eigenvalue weighted by Gasteiger charge is -2.23. The maximum atomic E-state index is 6.57. The Labute approximate surface area is 282 Å². The molecule has 9 aromatic rings. The standard InChI is InChI=1S/C45H29N3O/c1-3-12-28(13-4-1)43-46-44(29-14-5-2-6-15-29)48-45(47-43)31-23-25-38-41(27-31)49-40-21-11-20-32(42(38)40)30-22-24-37-35-18-8-7-16-33(35)34-17-9-10-19-36(34)39(37)26-30/h1-27,43H,(H,46,47,48). The van der Waals surface area contributed by atoms with Gasteiger partial charge in [0.2, 0.25) is 0 Å². The molecule has 1 aliphatic rings. The second-order valence-corrected chi connectivity index (χ2v) is 12.6. The molecule has 2 heterocycles. The molecule has 1 aliphatic heterocycles. The van der Waals surface area contributed by atoms with E-state index < -0.39 is 0 Å². The zero-order chi connectivity index (χ0) is 32.3. The van der Waals surface area contributed by atoms with E-state index in [1.807, 2.05) is 36.4 Å². The van der Waals surface area contributed by atoms with Crippen LogP contribution in [-0.4, -0.2) is 11.7 Å². The molecule has 4 nitrogen and oxygen atoms in total. The van der Waals surface area contributed by atoms with Crippen molar-refractivity contribution in [3.05, 3.63) is 180 Å². The summed E-state index contributed by atoms with van der Waals surface area (Å²) in [7, 11) is 0. The third-order valence-corrected chi connectivity index (χ3v) is 9.72. The molecule has 10 rings (SSSR count). The van der Waals surface area contributed by atoms with Crippen molar-refractivity contribution in [2.75, 3.05) is 0 Å². The molecule has 0 radical (unpaired) electrons. The number of furan rings is 1. The van der Waals surface area contributed by atoms with E-state index in [4.69, 9.17) is 14.4 Å². The number of nitrogens with one attached hydrogen (secondary N) is 1. The zero-order valence-electron chi connectivity index (χ0n) is 26.5. The Balaban J connectivity index is 1.12. The number of amidine groups is 2. The van der Waals surface area contributed by atoms with Crippen LogP contribution in [0.4, 0.5) is 0 Å². The summed E-state index contributed by atoms with van der Waals surface area (Å²) in [6, 6.07) is 57.5. The van der Waals surface area contributed by atoms with E-state index in [0.717, 1.165) is 55.6 Å². The quantitative estimate of drug-likeness (QED) is 0.197. The van der Waals surface area contributed by atoms with E-state index in [1.54, 1.807) is 0 Å². The number of fused-ring (bicyclic) bond motifs is 9. The third kappa shape index (κ3) is 4.53. The number of hydrogen-bond acceptors (Lipinski definition) is 4. The molecule has 1 N–H and O–H groups in total. The molecule has 0 spiro atoms. The monoisotopic (exact) mass is 627 g/mol. The van der Waals surface area contributed by atoms with Gasteiger partial charge < -0.3 is 9.73 Å². The normalized spacial score (nSPS) is 14.7. The first kappa shape index (κ1) is 27.6. The summed E-state index contributed by atoms with van der Waals surface area (Å²) in [5.41, 5.74) is 6.98. The highest BCUT2D eigenvalue weighted by Crippen LogP contribution is 2.41. The van der Waals surface area contributed by atoms with Gasteiger partial charge in [0.1, 0.15) is 23.2 Å². The van der Waals surface area contributed by atoms with E-state index in [2.05, 4.69) is 133 Å². The first-order valence-corrected chi connectivity index (χ1v) is 16.6. The van der Waals surface area contributed by atoms with Gasteiger partial charge in [-0.3, -0.25) is 0 Å². The molecule has 0 saturated carbocycles. The molecule has 1 unspecified atom stereocenters. The fourth-order valence-corrected chi connectivity index (χ4v) is 7.41. The molecule has 49 heavy (non-hydrogen) atoms.